The molecule has 1 atom stereocenters. The second-order valence-corrected chi connectivity index (χ2v) is 7.09. The summed E-state index contributed by atoms with van der Waals surface area (Å²) in [5, 5.41) is 0. The van der Waals surface area contributed by atoms with Gasteiger partial charge < -0.3 is 4.74 Å². The fourth-order valence-electron chi connectivity index (χ4n) is 1.53. The summed E-state index contributed by atoms with van der Waals surface area (Å²) in [5.74, 6) is 0. The van der Waals surface area contributed by atoms with Crippen LogP contribution in [0, 0.1) is 6.92 Å². The Labute approximate surface area is 117 Å². The van der Waals surface area contributed by atoms with Crippen molar-refractivity contribution in [3.8, 4) is 0 Å². The number of likely N-dealkylation sites (N-methyl/N-ethyl adjacent to an activating group) is 1. The average molecular weight is 336 g/mol. The van der Waals surface area contributed by atoms with Gasteiger partial charge >= 0.3 is 0 Å². The van der Waals surface area contributed by atoms with Gasteiger partial charge in [0, 0.05) is 24.7 Å². The van der Waals surface area contributed by atoms with E-state index in [9.17, 15) is 8.42 Å². The first-order chi connectivity index (χ1) is 8.30. The molecule has 0 radical (unpaired) electrons. The Morgan fingerprint density at radius 1 is 1.44 bits per heavy atom. The third kappa shape index (κ3) is 3.32. The number of aryl methyl sites for hydroxylation is 1. The van der Waals surface area contributed by atoms with Crippen molar-refractivity contribution in [2.45, 2.75) is 24.8 Å². The lowest BCUT2D eigenvalue weighted by Crippen LogP contribution is -2.37. The summed E-state index contributed by atoms with van der Waals surface area (Å²) in [4.78, 5) is 0.300. The van der Waals surface area contributed by atoms with Crippen molar-refractivity contribution in [1.82, 2.24) is 4.31 Å². The first-order valence-electron chi connectivity index (χ1n) is 5.53. The predicted molar refractivity (Wildman–Crippen MR) is 75.2 cm³/mol. The Hall–Kier alpha value is -0.430. The van der Waals surface area contributed by atoms with E-state index in [1.165, 1.54) is 4.31 Å². The van der Waals surface area contributed by atoms with Crippen LogP contribution in [0.15, 0.2) is 27.6 Å². The van der Waals surface area contributed by atoms with Crippen LogP contribution in [0.2, 0.25) is 0 Å². The topological polar surface area (TPSA) is 46.6 Å². The van der Waals surface area contributed by atoms with E-state index in [2.05, 4.69) is 15.9 Å². The quantitative estimate of drug-likeness (QED) is 0.830. The van der Waals surface area contributed by atoms with E-state index in [0.29, 0.717) is 11.5 Å². The standard InChI is InChI=1S/C12H18BrNO3S/c1-9-7-11(5-6-12(9)13)18(15,16)14(3)10(2)8-17-4/h5-7,10H,8H2,1-4H3. The van der Waals surface area contributed by atoms with E-state index in [-0.39, 0.29) is 6.04 Å². The summed E-state index contributed by atoms with van der Waals surface area (Å²) in [6.07, 6.45) is 0. The smallest absolute Gasteiger partial charge is 0.243 e. The molecular weight excluding hydrogens is 318 g/mol. The maximum atomic E-state index is 12.4. The Morgan fingerprint density at radius 2 is 2.06 bits per heavy atom. The molecule has 0 heterocycles. The molecule has 0 aliphatic rings. The highest BCUT2D eigenvalue weighted by Crippen LogP contribution is 2.22. The van der Waals surface area contributed by atoms with Gasteiger partial charge in [-0.2, -0.15) is 4.31 Å². The van der Waals surface area contributed by atoms with Gasteiger partial charge in [0.15, 0.2) is 0 Å². The molecule has 4 nitrogen and oxygen atoms in total. The van der Waals surface area contributed by atoms with Crippen LogP contribution < -0.4 is 0 Å². The van der Waals surface area contributed by atoms with Crippen molar-refractivity contribution in [2.75, 3.05) is 20.8 Å². The van der Waals surface area contributed by atoms with Crippen molar-refractivity contribution in [3.05, 3.63) is 28.2 Å². The van der Waals surface area contributed by atoms with Crippen LogP contribution in [-0.2, 0) is 14.8 Å². The summed E-state index contributed by atoms with van der Waals surface area (Å²) < 4.78 is 31.9. The van der Waals surface area contributed by atoms with Crippen LogP contribution >= 0.6 is 15.9 Å². The van der Waals surface area contributed by atoms with Crippen LogP contribution in [0.5, 0.6) is 0 Å². The van der Waals surface area contributed by atoms with Crippen molar-refractivity contribution in [3.63, 3.8) is 0 Å². The summed E-state index contributed by atoms with van der Waals surface area (Å²) >= 11 is 3.36. The van der Waals surface area contributed by atoms with E-state index in [4.69, 9.17) is 4.74 Å². The van der Waals surface area contributed by atoms with Crippen molar-refractivity contribution in [2.24, 2.45) is 0 Å². The second-order valence-electron chi connectivity index (χ2n) is 4.24. The zero-order chi connectivity index (χ0) is 13.9. The molecule has 1 unspecified atom stereocenters. The average Bonchev–Trinajstić information content (AvgIpc) is 2.31. The molecule has 0 spiro atoms. The maximum absolute atomic E-state index is 12.4. The molecule has 1 aromatic rings. The molecular formula is C12H18BrNO3S. The molecule has 1 rings (SSSR count). The molecule has 18 heavy (non-hydrogen) atoms. The number of nitrogens with zero attached hydrogens (tertiary/aromatic N) is 1. The van der Waals surface area contributed by atoms with Crippen LogP contribution in [0.4, 0.5) is 0 Å². The predicted octanol–water partition coefficient (Wildman–Crippen LogP) is 2.41. The molecule has 0 amide bonds. The number of ether oxygens (including phenoxy) is 1. The lowest BCUT2D eigenvalue weighted by Gasteiger charge is -2.23. The molecule has 0 bridgehead atoms. The Balaban J connectivity index is 3.09. The van der Waals surface area contributed by atoms with Crippen LogP contribution in [0.1, 0.15) is 12.5 Å². The summed E-state index contributed by atoms with van der Waals surface area (Å²) in [6, 6.07) is 4.80. The third-order valence-corrected chi connectivity index (χ3v) is 5.69. The van der Waals surface area contributed by atoms with Gasteiger partial charge in [-0.15, -0.1) is 0 Å². The molecule has 0 aliphatic heterocycles. The van der Waals surface area contributed by atoms with Crippen LogP contribution in [0.25, 0.3) is 0 Å². The number of methoxy groups -OCH3 is 1. The normalized spacial score (nSPS) is 13.9. The molecule has 102 valence electrons. The summed E-state index contributed by atoms with van der Waals surface area (Å²) in [5.41, 5.74) is 0.892. The van der Waals surface area contributed by atoms with Crippen LogP contribution in [0.3, 0.4) is 0 Å². The largest absolute Gasteiger partial charge is 0.383 e. The molecule has 0 N–H and O–H groups in total. The Bertz CT molecular complexity index is 516. The number of rotatable bonds is 5. The first kappa shape index (κ1) is 15.6. The Morgan fingerprint density at radius 3 is 2.56 bits per heavy atom. The van der Waals surface area contributed by atoms with Crippen molar-refractivity contribution >= 4 is 26.0 Å². The van der Waals surface area contributed by atoms with Gasteiger partial charge in [0.25, 0.3) is 0 Å². The molecule has 0 aromatic heterocycles. The summed E-state index contributed by atoms with van der Waals surface area (Å²) in [7, 11) is -0.345. The fourth-order valence-corrected chi connectivity index (χ4v) is 3.21. The SMILES string of the molecule is COCC(C)N(C)S(=O)(=O)c1ccc(Br)c(C)c1. The van der Waals surface area contributed by atoms with Crippen molar-refractivity contribution in [1.29, 1.82) is 0 Å². The van der Waals surface area contributed by atoms with Crippen LogP contribution in [-0.4, -0.2) is 39.5 Å². The number of hydrogen-bond donors (Lipinski definition) is 0. The zero-order valence-corrected chi connectivity index (χ0v) is 13.4. The van der Waals surface area contributed by atoms with E-state index in [1.807, 2.05) is 13.8 Å². The van der Waals surface area contributed by atoms with E-state index in [0.717, 1.165) is 10.0 Å². The minimum absolute atomic E-state index is 0.205. The van der Waals surface area contributed by atoms with E-state index >= 15 is 0 Å². The summed E-state index contributed by atoms with van der Waals surface area (Å²) in [6.45, 7) is 4.04. The number of sulfonamides is 1. The number of halogens is 1. The monoisotopic (exact) mass is 335 g/mol. The van der Waals surface area contributed by atoms with E-state index in [1.54, 1.807) is 32.4 Å². The maximum Gasteiger partial charge on any atom is 0.243 e. The number of benzene rings is 1. The Kier molecular flexibility index (Phi) is 5.33. The molecule has 6 heteroatoms. The van der Waals surface area contributed by atoms with Gasteiger partial charge in [-0.3, -0.25) is 0 Å². The van der Waals surface area contributed by atoms with Gasteiger partial charge in [0.1, 0.15) is 0 Å². The first-order valence-corrected chi connectivity index (χ1v) is 7.77. The fraction of sp³-hybridized carbons (Fsp3) is 0.500. The third-order valence-electron chi connectivity index (χ3n) is 2.83. The highest BCUT2D eigenvalue weighted by molar-refractivity contribution is 9.10. The molecule has 0 fully saturated rings. The second kappa shape index (κ2) is 6.14. The van der Waals surface area contributed by atoms with Gasteiger partial charge in [-0.1, -0.05) is 15.9 Å². The van der Waals surface area contributed by atoms with Crippen molar-refractivity contribution < 1.29 is 13.2 Å². The molecule has 0 aliphatic carbocycles. The molecule has 0 saturated carbocycles. The minimum Gasteiger partial charge on any atom is -0.383 e. The van der Waals surface area contributed by atoms with Gasteiger partial charge in [0.2, 0.25) is 10.0 Å². The highest BCUT2D eigenvalue weighted by atomic mass is 79.9. The lowest BCUT2D eigenvalue weighted by molar-refractivity contribution is 0.149. The zero-order valence-electron chi connectivity index (χ0n) is 11.0. The van der Waals surface area contributed by atoms with E-state index < -0.39 is 10.0 Å². The number of hydrogen-bond acceptors (Lipinski definition) is 3. The molecule has 1 aromatic carbocycles. The van der Waals surface area contributed by atoms with Gasteiger partial charge in [-0.05, 0) is 37.6 Å². The van der Waals surface area contributed by atoms with Gasteiger partial charge in [0.05, 0.1) is 11.5 Å². The lowest BCUT2D eigenvalue weighted by atomic mass is 10.2. The van der Waals surface area contributed by atoms with Gasteiger partial charge in [-0.25, -0.2) is 8.42 Å². The highest BCUT2D eigenvalue weighted by Gasteiger charge is 2.25. The minimum atomic E-state index is -3.47. The molecule has 0 saturated heterocycles.